The van der Waals surface area contributed by atoms with Crippen LogP contribution in [-0.2, 0) is 0 Å². The molecule has 0 aliphatic rings. The van der Waals surface area contributed by atoms with Gasteiger partial charge in [0.15, 0.2) is 5.78 Å². The summed E-state index contributed by atoms with van der Waals surface area (Å²) in [5, 5.41) is 8.44. The SMILES string of the molecule is Cc1ccc(C(=O)c2ccccc2N=Nc2ccccc2)cc1. The molecule has 23 heavy (non-hydrogen) atoms. The molecule has 3 nitrogen and oxygen atoms in total. The minimum absolute atomic E-state index is 0.0485. The lowest BCUT2D eigenvalue weighted by Gasteiger charge is -2.04. The maximum absolute atomic E-state index is 12.7. The van der Waals surface area contributed by atoms with Crippen LogP contribution >= 0.6 is 0 Å². The van der Waals surface area contributed by atoms with E-state index in [1.807, 2.05) is 73.7 Å². The van der Waals surface area contributed by atoms with Crippen LogP contribution in [0.3, 0.4) is 0 Å². The van der Waals surface area contributed by atoms with E-state index in [4.69, 9.17) is 0 Å². The fourth-order valence-electron chi connectivity index (χ4n) is 2.22. The van der Waals surface area contributed by atoms with E-state index < -0.39 is 0 Å². The maximum atomic E-state index is 12.7. The minimum Gasteiger partial charge on any atom is -0.289 e. The molecule has 0 bridgehead atoms. The molecule has 3 heteroatoms. The molecule has 0 atom stereocenters. The summed E-state index contributed by atoms with van der Waals surface area (Å²) >= 11 is 0. The highest BCUT2D eigenvalue weighted by molar-refractivity contribution is 6.11. The normalized spacial score (nSPS) is 10.8. The Bertz CT molecular complexity index is 837. The Hall–Kier alpha value is -3.07. The van der Waals surface area contributed by atoms with Gasteiger partial charge in [-0.15, -0.1) is 5.11 Å². The molecule has 0 saturated carbocycles. The topological polar surface area (TPSA) is 41.8 Å². The zero-order valence-corrected chi connectivity index (χ0v) is 12.8. The van der Waals surface area contributed by atoms with Gasteiger partial charge in [0, 0.05) is 5.56 Å². The van der Waals surface area contributed by atoms with E-state index in [9.17, 15) is 4.79 Å². The first-order chi connectivity index (χ1) is 11.2. The Morgan fingerprint density at radius 1 is 0.739 bits per heavy atom. The Balaban J connectivity index is 1.93. The van der Waals surface area contributed by atoms with Crippen LogP contribution in [0.2, 0.25) is 0 Å². The summed E-state index contributed by atoms with van der Waals surface area (Å²) in [6.07, 6.45) is 0. The molecule has 0 aliphatic heterocycles. The molecule has 0 aliphatic carbocycles. The van der Waals surface area contributed by atoms with Crippen molar-refractivity contribution >= 4 is 17.2 Å². The van der Waals surface area contributed by atoms with Crippen molar-refractivity contribution in [1.29, 1.82) is 0 Å². The van der Waals surface area contributed by atoms with Crippen LogP contribution in [0.4, 0.5) is 11.4 Å². The third-order valence-electron chi connectivity index (χ3n) is 3.49. The van der Waals surface area contributed by atoms with Gasteiger partial charge in [-0.1, -0.05) is 60.2 Å². The largest absolute Gasteiger partial charge is 0.289 e. The Morgan fingerprint density at radius 2 is 1.39 bits per heavy atom. The fraction of sp³-hybridized carbons (Fsp3) is 0.0500. The van der Waals surface area contributed by atoms with Gasteiger partial charge < -0.3 is 0 Å². The van der Waals surface area contributed by atoms with Crippen molar-refractivity contribution in [2.24, 2.45) is 10.2 Å². The molecular weight excluding hydrogens is 284 g/mol. The highest BCUT2D eigenvalue weighted by atomic mass is 16.1. The van der Waals surface area contributed by atoms with E-state index in [0.29, 0.717) is 16.8 Å². The molecule has 3 rings (SSSR count). The van der Waals surface area contributed by atoms with E-state index in [1.165, 1.54) is 0 Å². The number of hydrogen-bond acceptors (Lipinski definition) is 3. The first-order valence-electron chi connectivity index (χ1n) is 7.41. The zero-order chi connectivity index (χ0) is 16.1. The minimum atomic E-state index is -0.0485. The lowest BCUT2D eigenvalue weighted by molar-refractivity contribution is 0.103. The molecule has 0 unspecified atom stereocenters. The van der Waals surface area contributed by atoms with Gasteiger partial charge in [0.2, 0.25) is 0 Å². The molecule has 0 aromatic heterocycles. The van der Waals surface area contributed by atoms with Gasteiger partial charge in [0.1, 0.15) is 0 Å². The van der Waals surface area contributed by atoms with Gasteiger partial charge in [-0.25, -0.2) is 0 Å². The number of rotatable bonds is 4. The second-order valence-corrected chi connectivity index (χ2v) is 5.25. The lowest BCUT2D eigenvalue weighted by atomic mass is 10.0. The summed E-state index contributed by atoms with van der Waals surface area (Å²) in [5.74, 6) is -0.0485. The molecule has 3 aromatic rings. The number of carbonyl (C=O) groups is 1. The predicted octanol–water partition coefficient (Wildman–Crippen LogP) is 5.64. The van der Waals surface area contributed by atoms with Crippen LogP contribution in [0, 0.1) is 6.92 Å². The molecule has 0 saturated heterocycles. The zero-order valence-electron chi connectivity index (χ0n) is 12.8. The van der Waals surface area contributed by atoms with Gasteiger partial charge in [0.05, 0.1) is 16.9 Å². The monoisotopic (exact) mass is 300 g/mol. The van der Waals surface area contributed by atoms with E-state index in [-0.39, 0.29) is 5.78 Å². The molecule has 0 N–H and O–H groups in total. The van der Waals surface area contributed by atoms with Crippen LogP contribution in [0.25, 0.3) is 0 Å². The number of aryl methyl sites for hydroxylation is 1. The smallest absolute Gasteiger partial charge is 0.195 e. The van der Waals surface area contributed by atoms with Crippen molar-refractivity contribution in [3.05, 3.63) is 95.6 Å². The van der Waals surface area contributed by atoms with Crippen molar-refractivity contribution in [2.75, 3.05) is 0 Å². The standard InChI is InChI=1S/C20H16N2O/c1-15-11-13-16(14-12-15)20(23)18-9-5-6-10-19(18)22-21-17-7-3-2-4-8-17/h2-14H,1H3. The van der Waals surface area contributed by atoms with Crippen LogP contribution in [-0.4, -0.2) is 5.78 Å². The first-order valence-corrected chi connectivity index (χ1v) is 7.41. The maximum Gasteiger partial charge on any atom is 0.195 e. The van der Waals surface area contributed by atoms with Crippen LogP contribution < -0.4 is 0 Å². The second kappa shape index (κ2) is 6.79. The number of hydrogen-bond donors (Lipinski definition) is 0. The first kappa shape index (κ1) is 14.9. The number of azo groups is 1. The Labute approximate surface area is 135 Å². The summed E-state index contributed by atoms with van der Waals surface area (Å²) in [5.41, 5.74) is 3.65. The predicted molar refractivity (Wildman–Crippen MR) is 91.7 cm³/mol. The molecule has 0 amide bonds. The number of benzene rings is 3. The summed E-state index contributed by atoms with van der Waals surface area (Å²) in [4.78, 5) is 12.7. The molecule has 0 fully saturated rings. The van der Waals surface area contributed by atoms with Crippen molar-refractivity contribution in [3.63, 3.8) is 0 Å². The summed E-state index contributed by atoms with van der Waals surface area (Å²) in [6.45, 7) is 2.00. The number of nitrogens with zero attached hydrogens (tertiary/aromatic N) is 2. The van der Waals surface area contributed by atoms with Crippen LogP contribution in [0.5, 0.6) is 0 Å². The van der Waals surface area contributed by atoms with Crippen molar-refractivity contribution in [1.82, 2.24) is 0 Å². The quantitative estimate of drug-likeness (QED) is 0.454. The average Bonchev–Trinajstić information content (AvgIpc) is 2.61. The average molecular weight is 300 g/mol. The number of carbonyl (C=O) groups excluding carboxylic acids is 1. The van der Waals surface area contributed by atoms with E-state index >= 15 is 0 Å². The van der Waals surface area contributed by atoms with Gasteiger partial charge in [-0.05, 0) is 31.2 Å². The van der Waals surface area contributed by atoms with Gasteiger partial charge in [-0.2, -0.15) is 5.11 Å². The fourth-order valence-corrected chi connectivity index (χ4v) is 2.22. The number of ketones is 1. The van der Waals surface area contributed by atoms with Crippen molar-refractivity contribution in [2.45, 2.75) is 6.92 Å². The van der Waals surface area contributed by atoms with Crippen molar-refractivity contribution < 1.29 is 4.79 Å². The molecule has 3 aromatic carbocycles. The summed E-state index contributed by atoms with van der Waals surface area (Å²) in [7, 11) is 0. The highest BCUT2D eigenvalue weighted by Crippen LogP contribution is 2.24. The Kier molecular flexibility index (Phi) is 4.39. The van der Waals surface area contributed by atoms with E-state index in [2.05, 4.69) is 10.2 Å². The molecular formula is C20H16N2O. The summed E-state index contributed by atoms with van der Waals surface area (Å²) in [6, 6.07) is 24.3. The van der Waals surface area contributed by atoms with E-state index in [0.717, 1.165) is 11.3 Å². The highest BCUT2D eigenvalue weighted by Gasteiger charge is 2.13. The van der Waals surface area contributed by atoms with Gasteiger partial charge >= 0.3 is 0 Å². The van der Waals surface area contributed by atoms with Gasteiger partial charge in [0.25, 0.3) is 0 Å². The molecule has 0 spiro atoms. The van der Waals surface area contributed by atoms with E-state index in [1.54, 1.807) is 12.1 Å². The molecule has 112 valence electrons. The third kappa shape index (κ3) is 3.58. The molecule has 0 radical (unpaired) electrons. The van der Waals surface area contributed by atoms with Crippen LogP contribution in [0.1, 0.15) is 21.5 Å². The second-order valence-electron chi connectivity index (χ2n) is 5.25. The molecule has 0 heterocycles. The Morgan fingerprint density at radius 3 is 2.13 bits per heavy atom. The van der Waals surface area contributed by atoms with Crippen LogP contribution in [0.15, 0.2) is 89.1 Å². The van der Waals surface area contributed by atoms with Gasteiger partial charge in [-0.3, -0.25) is 4.79 Å². The lowest BCUT2D eigenvalue weighted by Crippen LogP contribution is -2.01. The third-order valence-corrected chi connectivity index (χ3v) is 3.49. The van der Waals surface area contributed by atoms with Crippen molar-refractivity contribution in [3.8, 4) is 0 Å². The summed E-state index contributed by atoms with van der Waals surface area (Å²) < 4.78 is 0.